The number of nitrogens with zero attached hydrogens (tertiary/aromatic N) is 1. The van der Waals surface area contributed by atoms with Crippen LogP contribution in [-0.4, -0.2) is 21.6 Å². The standard InChI is InChI=1S/C24H20N2O4S/c27-23(25-31)18-8-4-7-17(11-18)14-26-21-10-9-20(12-19(21)13-22(26)24(28)29)30-15-16-5-2-1-3-6-16/h1-13,31H,14-15H2,(H,25,27)(H,28,29). The van der Waals surface area contributed by atoms with Crippen molar-refractivity contribution in [2.75, 3.05) is 0 Å². The number of thiol groups is 1. The Kier molecular flexibility index (Phi) is 5.95. The number of benzene rings is 3. The second-order valence-electron chi connectivity index (χ2n) is 7.06. The van der Waals surface area contributed by atoms with Crippen LogP contribution in [0.25, 0.3) is 10.9 Å². The van der Waals surface area contributed by atoms with Crippen LogP contribution in [0.3, 0.4) is 0 Å². The molecule has 0 bridgehead atoms. The summed E-state index contributed by atoms with van der Waals surface area (Å²) < 4.78 is 9.89. The number of hydrogen-bond acceptors (Lipinski definition) is 4. The fourth-order valence-electron chi connectivity index (χ4n) is 3.49. The van der Waals surface area contributed by atoms with Gasteiger partial charge in [-0.15, -0.1) is 0 Å². The molecule has 0 aliphatic heterocycles. The summed E-state index contributed by atoms with van der Waals surface area (Å²) in [5, 5.41) is 10.5. The first-order chi connectivity index (χ1) is 15.0. The van der Waals surface area contributed by atoms with Gasteiger partial charge in [0.2, 0.25) is 0 Å². The summed E-state index contributed by atoms with van der Waals surface area (Å²) in [5.74, 6) is -0.675. The van der Waals surface area contributed by atoms with E-state index in [1.807, 2.05) is 54.6 Å². The van der Waals surface area contributed by atoms with Crippen LogP contribution in [0.1, 0.15) is 32.0 Å². The van der Waals surface area contributed by atoms with E-state index < -0.39 is 5.97 Å². The average molecular weight is 433 g/mol. The topological polar surface area (TPSA) is 80.6 Å². The van der Waals surface area contributed by atoms with Crippen LogP contribution in [0.5, 0.6) is 5.75 Å². The first kappa shape index (κ1) is 20.6. The number of carbonyl (C=O) groups excluding carboxylic acids is 1. The molecule has 0 fully saturated rings. The molecule has 6 nitrogen and oxygen atoms in total. The summed E-state index contributed by atoms with van der Waals surface area (Å²) in [6.45, 7) is 0.738. The van der Waals surface area contributed by atoms with Gasteiger partial charge in [-0.3, -0.25) is 9.52 Å². The van der Waals surface area contributed by atoms with Gasteiger partial charge in [0.1, 0.15) is 18.1 Å². The zero-order valence-corrected chi connectivity index (χ0v) is 17.4. The number of carboxylic acids is 1. The van der Waals surface area contributed by atoms with Gasteiger partial charge >= 0.3 is 5.97 Å². The second kappa shape index (κ2) is 8.97. The maximum absolute atomic E-state index is 11.9. The first-order valence-corrected chi connectivity index (χ1v) is 10.1. The lowest BCUT2D eigenvalue weighted by molar-refractivity contribution is 0.0686. The number of ether oxygens (including phenoxy) is 1. The van der Waals surface area contributed by atoms with Crippen molar-refractivity contribution in [2.24, 2.45) is 0 Å². The van der Waals surface area contributed by atoms with Gasteiger partial charge in [-0.1, -0.05) is 55.3 Å². The van der Waals surface area contributed by atoms with Crippen molar-refractivity contribution in [1.29, 1.82) is 0 Å². The summed E-state index contributed by atoms with van der Waals surface area (Å²) in [5.41, 5.74) is 3.25. The molecule has 0 atom stereocenters. The number of aromatic nitrogens is 1. The molecule has 31 heavy (non-hydrogen) atoms. The fourth-order valence-corrected chi connectivity index (χ4v) is 3.61. The van der Waals surface area contributed by atoms with Crippen molar-refractivity contribution in [3.63, 3.8) is 0 Å². The predicted octanol–water partition coefficient (Wildman–Crippen LogP) is 4.54. The Morgan fingerprint density at radius 2 is 1.71 bits per heavy atom. The minimum Gasteiger partial charge on any atom is -0.489 e. The number of carbonyl (C=O) groups is 2. The number of carboxylic acid groups (broad SMARTS) is 1. The molecule has 0 aliphatic rings. The zero-order chi connectivity index (χ0) is 21.8. The van der Waals surface area contributed by atoms with E-state index in [0.717, 1.165) is 22.0 Å². The number of amides is 1. The Bertz CT molecular complexity index is 1250. The molecule has 3 aromatic carbocycles. The average Bonchev–Trinajstić information content (AvgIpc) is 3.16. The number of nitrogens with one attached hydrogen (secondary N) is 1. The van der Waals surface area contributed by atoms with Gasteiger partial charge in [-0.25, -0.2) is 4.79 Å². The highest BCUT2D eigenvalue weighted by atomic mass is 32.1. The second-order valence-corrected chi connectivity index (χ2v) is 7.28. The molecular weight excluding hydrogens is 412 g/mol. The van der Waals surface area contributed by atoms with E-state index in [2.05, 4.69) is 17.5 Å². The number of aromatic carboxylic acids is 1. The van der Waals surface area contributed by atoms with Crippen LogP contribution >= 0.6 is 12.8 Å². The first-order valence-electron chi connectivity index (χ1n) is 9.62. The monoisotopic (exact) mass is 432 g/mol. The van der Waals surface area contributed by atoms with E-state index in [-0.39, 0.29) is 11.6 Å². The molecule has 0 aliphatic carbocycles. The molecule has 2 N–H and O–H groups in total. The Labute approximate surface area is 184 Å². The quantitative estimate of drug-likeness (QED) is 0.375. The van der Waals surface area contributed by atoms with Crippen molar-refractivity contribution in [2.45, 2.75) is 13.2 Å². The van der Waals surface area contributed by atoms with Crippen LogP contribution < -0.4 is 9.46 Å². The lowest BCUT2D eigenvalue weighted by Crippen LogP contribution is -2.13. The van der Waals surface area contributed by atoms with Gasteiger partial charge in [0.05, 0.1) is 0 Å². The minimum absolute atomic E-state index is 0.166. The van der Waals surface area contributed by atoms with Gasteiger partial charge in [0, 0.05) is 23.0 Å². The molecular formula is C24H20N2O4S. The Hall–Kier alpha value is -3.71. The molecule has 1 heterocycles. The van der Waals surface area contributed by atoms with E-state index in [0.29, 0.717) is 24.5 Å². The van der Waals surface area contributed by atoms with Crippen molar-refractivity contribution in [1.82, 2.24) is 9.29 Å². The number of hydrogen-bond donors (Lipinski definition) is 3. The summed E-state index contributed by atoms with van der Waals surface area (Å²) >= 11 is 3.80. The molecule has 0 radical (unpaired) electrons. The normalized spacial score (nSPS) is 10.7. The smallest absolute Gasteiger partial charge is 0.352 e. The van der Waals surface area contributed by atoms with Crippen molar-refractivity contribution < 1.29 is 19.4 Å². The molecule has 0 unspecified atom stereocenters. The summed E-state index contributed by atoms with van der Waals surface area (Å²) in [6.07, 6.45) is 0. The highest BCUT2D eigenvalue weighted by molar-refractivity contribution is 7.78. The van der Waals surface area contributed by atoms with Gasteiger partial charge in [-0.2, -0.15) is 0 Å². The highest BCUT2D eigenvalue weighted by Crippen LogP contribution is 2.26. The van der Waals surface area contributed by atoms with E-state index in [4.69, 9.17) is 4.74 Å². The number of fused-ring (bicyclic) bond motifs is 1. The molecule has 0 spiro atoms. The van der Waals surface area contributed by atoms with E-state index in [1.54, 1.807) is 28.8 Å². The molecule has 0 saturated carbocycles. The Morgan fingerprint density at radius 1 is 0.935 bits per heavy atom. The van der Waals surface area contributed by atoms with Crippen LogP contribution in [0.2, 0.25) is 0 Å². The number of rotatable bonds is 7. The predicted molar refractivity (Wildman–Crippen MR) is 122 cm³/mol. The van der Waals surface area contributed by atoms with Crippen molar-refractivity contribution >= 4 is 35.6 Å². The third-order valence-electron chi connectivity index (χ3n) is 4.97. The molecule has 156 valence electrons. The fraction of sp³-hybridized carbons (Fsp3) is 0.0833. The largest absolute Gasteiger partial charge is 0.489 e. The molecule has 4 aromatic rings. The van der Waals surface area contributed by atoms with Gasteiger partial charge in [0.25, 0.3) is 5.91 Å². The molecule has 7 heteroatoms. The SMILES string of the molecule is O=C(NS)c1cccc(Cn2c(C(=O)O)cc3cc(OCc4ccccc4)ccc32)c1. The molecule has 1 aromatic heterocycles. The maximum atomic E-state index is 11.9. The third-order valence-corrected chi connectivity index (χ3v) is 5.17. The Balaban J connectivity index is 1.64. The highest BCUT2D eigenvalue weighted by Gasteiger charge is 2.16. The van der Waals surface area contributed by atoms with E-state index >= 15 is 0 Å². The van der Waals surface area contributed by atoms with Crippen LogP contribution in [0.4, 0.5) is 0 Å². The van der Waals surface area contributed by atoms with Crippen molar-refractivity contribution in [3.8, 4) is 5.75 Å². The molecule has 1 amide bonds. The molecule has 4 rings (SSSR count). The summed E-state index contributed by atoms with van der Waals surface area (Å²) in [6, 6.07) is 24.0. The summed E-state index contributed by atoms with van der Waals surface area (Å²) in [4.78, 5) is 23.7. The van der Waals surface area contributed by atoms with Gasteiger partial charge < -0.3 is 14.4 Å². The minimum atomic E-state index is -1.02. The Morgan fingerprint density at radius 3 is 2.45 bits per heavy atom. The van der Waals surface area contributed by atoms with Gasteiger partial charge in [-0.05, 0) is 47.5 Å². The van der Waals surface area contributed by atoms with Gasteiger partial charge in [0.15, 0.2) is 0 Å². The summed E-state index contributed by atoms with van der Waals surface area (Å²) in [7, 11) is 0. The van der Waals surface area contributed by atoms with Crippen LogP contribution in [0, 0.1) is 0 Å². The molecule has 0 saturated heterocycles. The van der Waals surface area contributed by atoms with E-state index in [9.17, 15) is 14.7 Å². The lowest BCUT2D eigenvalue weighted by Gasteiger charge is -2.11. The van der Waals surface area contributed by atoms with E-state index in [1.165, 1.54) is 0 Å². The maximum Gasteiger partial charge on any atom is 0.352 e. The zero-order valence-electron chi connectivity index (χ0n) is 16.5. The third kappa shape index (κ3) is 4.57. The van der Waals surface area contributed by atoms with Crippen LogP contribution in [-0.2, 0) is 13.2 Å². The van der Waals surface area contributed by atoms with Crippen LogP contribution in [0.15, 0.2) is 78.9 Å². The van der Waals surface area contributed by atoms with Crippen molar-refractivity contribution in [3.05, 3.63) is 101 Å². The lowest BCUT2D eigenvalue weighted by atomic mass is 10.1.